The van der Waals surface area contributed by atoms with E-state index in [1.54, 1.807) is 0 Å². The third-order valence-electron chi connectivity index (χ3n) is 3.10. The molecule has 8 nitrogen and oxygen atoms in total. The summed E-state index contributed by atoms with van der Waals surface area (Å²) in [6.45, 7) is 0. The van der Waals surface area contributed by atoms with E-state index in [4.69, 9.17) is 5.73 Å². The Kier molecular flexibility index (Phi) is 2.49. The Morgan fingerprint density at radius 1 is 0.952 bits per heavy atom. The highest BCUT2D eigenvalue weighted by Gasteiger charge is 2.31. The maximum absolute atomic E-state index is 12.1. The van der Waals surface area contributed by atoms with Gasteiger partial charge in [0, 0.05) is 24.3 Å². The minimum atomic E-state index is -0.703. The summed E-state index contributed by atoms with van der Waals surface area (Å²) >= 11 is 0. The molecular formula is C13H9N3O5. The van der Waals surface area contributed by atoms with Crippen molar-refractivity contribution in [3.8, 4) is 17.2 Å². The maximum Gasteiger partial charge on any atom is 0.262 e. The molecule has 21 heavy (non-hydrogen) atoms. The van der Waals surface area contributed by atoms with Gasteiger partial charge >= 0.3 is 0 Å². The Morgan fingerprint density at radius 3 is 2.19 bits per heavy atom. The molecule has 0 saturated carbocycles. The van der Waals surface area contributed by atoms with Gasteiger partial charge in [-0.25, -0.2) is 0 Å². The van der Waals surface area contributed by atoms with Crippen LogP contribution in [0.3, 0.4) is 0 Å². The number of nitrogen functional groups attached to an aromatic ring is 1. The van der Waals surface area contributed by atoms with Crippen LogP contribution >= 0.6 is 0 Å². The number of hydrogen-bond acceptors (Lipinski definition) is 6. The number of nitrogens with two attached hydrogens (primary N) is 1. The van der Waals surface area contributed by atoms with Crippen molar-refractivity contribution < 1.29 is 19.8 Å². The molecule has 3 rings (SSSR count). The predicted octanol–water partition coefficient (Wildman–Crippen LogP) is -0.286. The molecule has 8 heteroatoms. The number of anilines is 1. The zero-order chi connectivity index (χ0) is 15.3. The number of phenolic OH excluding ortho intramolecular Hbond substituents is 2. The molecule has 1 aromatic carbocycles. The van der Waals surface area contributed by atoms with Crippen molar-refractivity contribution in [2.45, 2.75) is 0 Å². The number of nitrogens with one attached hydrogen (secondary N) is 1. The zero-order valence-electron chi connectivity index (χ0n) is 10.5. The second-order valence-electron chi connectivity index (χ2n) is 4.48. The molecule has 106 valence electrons. The molecule has 0 fully saturated rings. The molecule has 0 bridgehead atoms. The second kappa shape index (κ2) is 4.10. The first-order valence-corrected chi connectivity index (χ1v) is 5.83. The van der Waals surface area contributed by atoms with Crippen LogP contribution in [0.2, 0.25) is 0 Å². The topological polar surface area (TPSA) is 135 Å². The third kappa shape index (κ3) is 1.81. The van der Waals surface area contributed by atoms with Crippen molar-refractivity contribution >= 4 is 17.6 Å². The molecule has 1 aromatic heterocycles. The first-order valence-electron chi connectivity index (χ1n) is 5.83. The van der Waals surface area contributed by atoms with Crippen LogP contribution in [0.15, 0.2) is 29.1 Å². The first-order chi connectivity index (χ1) is 9.88. The van der Waals surface area contributed by atoms with E-state index in [0.717, 1.165) is 16.7 Å². The lowest BCUT2D eigenvalue weighted by Crippen LogP contribution is -2.24. The van der Waals surface area contributed by atoms with Crippen LogP contribution in [0.4, 0.5) is 5.82 Å². The normalized spacial score (nSPS) is 13.1. The molecule has 0 spiro atoms. The minimum Gasteiger partial charge on any atom is -0.508 e. The quantitative estimate of drug-likeness (QED) is 0.532. The van der Waals surface area contributed by atoms with Gasteiger partial charge < -0.3 is 15.9 Å². The van der Waals surface area contributed by atoms with E-state index in [2.05, 4.69) is 0 Å². The van der Waals surface area contributed by atoms with E-state index in [0.29, 0.717) is 0 Å². The van der Waals surface area contributed by atoms with Crippen molar-refractivity contribution in [1.29, 1.82) is 0 Å². The number of imide groups is 1. The van der Waals surface area contributed by atoms with Gasteiger partial charge in [-0.15, -0.1) is 0 Å². The van der Waals surface area contributed by atoms with Gasteiger partial charge in [0.05, 0.1) is 16.8 Å². The van der Waals surface area contributed by atoms with Gasteiger partial charge in [0.25, 0.3) is 17.4 Å². The second-order valence-corrected chi connectivity index (χ2v) is 4.48. The summed E-state index contributed by atoms with van der Waals surface area (Å²) in [7, 11) is 0. The smallest absolute Gasteiger partial charge is 0.262 e. The highest BCUT2D eigenvalue weighted by Crippen LogP contribution is 2.27. The summed E-state index contributed by atoms with van der Waals surface area (Å²) in [5, 5.41) is 21.0. The molecule has 2 aromatic rings. The van der Waals surface area contributed by atoms with Crippen LogP contribution in [0.5, 0.6) is 11.5 Å². The molecule has 2 heterocycles. The number of hydrogen-bond donors (Lipinski definition) is 4. The summed E-state index contributed by atoms with van der Waals surface area (Å²) in [4.78, 5) is 35.3. The monoisotopic (exact) mass is 287 g/mol. The summed E-state index contributed by atoms with van der Waals surface area (Å²) < 4.78 is 0.927. The predicted molar refractivity (Wildman–Crippen MR) is 71.6 cm³/mol. The van der Waals surface area contributed by atoms with E-state index in [1.165, 1.54) is 12.1 Å². The van der Waals surface area contributed by atoms with Crippen molar-refractivity contribution in [2.24, 2.45) is 0 Å². The molecule has 0 saturated heterocycles. The largest absolute Gasteiger partial charge is 0.508 e. The SMILES string of the molecule is Nc1c2c(cc(=O)n1-c1cc(O)cc(O)c1)C(=O)NC2=O. The Bertz CT molecular complexity index is 849. The van der Waals surface area contributed by atoms with E-state index >= 15 is 0 Å². The number of carbonyl (C=O) groups excluding carboxylic acids is 2. The molecule has 0 radical (unpaired) electrons. The first kappa shape index (κ1) is 12.7. The Labute approximate surface area is 117 Å². The summed E-state index contributed by atoms with van der Waals surface area (Å²) in [6.07, 6.45) is 0. The molecule has 1 aliphatic rings. The Balaban J connectivity index is 2.35. The highest BCUT2D eigenvalue weighted by atomic mass is 16.3. The number of aromatic hydroxyl groups is 2. The van der Waals surface area contributed by atoms with Gasteiger partial charge in [-0.2, -0.15) is 0 Å². The highest BCUT2D eigenvalue weighted by molar-refractivity contribution is 6.23. The van der Waals surface area contributed by atoms with Gasteiger partial charge in [0.15, 0.2) is 0 Å². The number of amides is 2. The molecule has 2 amide bonds. The minimum absolute atomic E-state index is 0.0740. The number of aromatic nitrogens is 1. The molecule has 1 aliphatic heterocycles. The van der Waals surface area contributed by atoms with Crippen LogP contribution in [0.1, 0.15) is 20.7 Å². The van der Waals surface area contributed by atoms with Crippen LogP contribution in [0, 0.1) is 0 Å². The van der Waals surface area contributed by atoms with Gasteiger partial charge in [-0.05, 0) is 0 Å². The number of carbonyl (C=O) groups is 2. The lowest BCUT2D eigenvalue weighted by molar-refractivity contribution is 0.0880. The molecule has 0 atom stereocenters. The number of rotatable bonds is 1. The number of pyridine rings is 1. The molecular weight excluding hydrogens is 278 g/mol. The summed E-state index contributed by atoms with van der Waals surface area (Å²) in [5.41, 5.74) is 5.01. The number of phenols is 2. The lowest BCUT2D eigenvalue weighted by Gasteiger charge is -2.12. The standard InChI is InChI=1S/C13H9N3O5/c14-11-10-8(12(20)15-13(10)21)4-9(19)16(11)5-1-6(17)3-7(18)2-5/h1-4,17-18H,14H2,(H,15,20,21). The van der Waals surface area contributed by atoms with Gasteiger partial charge in [-0.1, -0.05) is 0 Å². The maximum atomic E-state index is 12.1. The zero-order valence-corrected chi connectivity index (χ0v) is 10.5. The van der Waals surface area contributed by atoms with Crippen molar-refractivity contribution in [1.82, 2.24) is 9.88 Å². The molecule has 0 unspecified atom stereocenters. The average Bonchev–Trinajstić information content (AvgIpc) is 2.63. The van der Waals surface area contributed by atoms with E-state index in [-0.39, 0.29) is 34.1 Å². The van der Waals surface area contributed by atoms with Crippen molar-refractivity contribution in [3.63, 3.8) is 0 Å². The van der Waals surface area contributed by atoms with Crippen LogP contribution in [0.25, 0.3) is 5.69 Å². The fourth-order valence-electron chi connectivity index (χ4n) is 2.25. The number of benzene rings is 1. The van der Waals surface area contributed by atoms with Crippen LogP contribution < -0.4 is 16.6 Å². The van der Waals surface area contributed by atoms with Crippen LogP contribution in [-0.4, -0.2) is 26.6 Å². The molecule has 0 aliphatic carbocycles. The van der Waals surface area contributed by atoms with Crippen molar-refractivity contribution in [2.75, 3.05) is 5.73 Å². The summed E-state index contributed by atoms with van der Waals surface area (Å²) in [6, 6.07) is 4.44. The number of fused-ring (bicyclic) bond motifs is 1. The third-order valence-corrected chi connectivity index (χ3v) is 3.10. The molecule has 5 N–H and O–H groups in total. The lowest BCUT2D eigenvalue weighted by atomic mass is 10.1. The van der Waals surface area contributed by atoms with Gasteiger partial charge in [0.2, 0.25) is 0 Å². The van der Waals surface area contributed by atoms with E-state index < -0.39 is 17.4 Å². The Morgan fingerprint density at radius 2 is 1.57 bits per heavy atom. The van der Waals surface area contributed by atoms with E-state index in [9.17, 15) is 24.6 Å². The van der Waals surface area contributed by atoms with E-state index in [1.807, 2.05) is 5.32 Å². The summed E-state index contributed by atoms with van der Waals surface area (Å²) in [5.74, 6) is -2.20. The fraction of sp³-hybridized carbons (Fsp3) is 0. The van der Waals surface area contributed by atoms with Crippen molar-refractivity contribution in [3.05, 3.63) is 45.7 Å². The fourth-order valence-corrected chi connectivity index (χ4v) is 2.25. The van der Waals surface area contributed by atoms with Crippen LogP contribution in [-0.2, 0) is 0 Å². The Hall–Kier alpha value is -3.29. The average molecular weight is 287 g/mol. The van der Waals surface area contributed by atoms with Gasteiger partial charge in [-0.3, -0.25) is 24.3 Å². The van der Waals surface area contributed by atoms with Gasteiger partial charge in [0.1, 0.15) is 17.3 Å². The number of nitrogens with zero attached hydrogens (tertiary/aromatic N) is 1.